The van der Waals surface area contributed by atoms with Crippen LogP contribution in [0.5, 0.6) is 11.5 Å². The van der Waals surface area contributed by atoms with Crippen molar-refractivity contribution in [1.29, 1.82) is 0 Å². The maximum atomic E-state index is 13.1. The quantitative estimate of drug-likeness (QED) is 0.195. The van der Waals surface area contributed by atoms with Crippen LogP contribution < -0.4 is 6.03 Å². The van der Waals surface area contributed by atoms with Crippen LogP contribution in [-0.2, 0) is 12.6 Å². The molecule has 0 fully saturated rings. The monoisotopic (exact) mass is 634 g/mol. The van der Waals surface area contributed by atoms with Gasteiger partial charge in [0, 0.05) is 0 Å². The van der Waals surface area contributed by atoms with Crippen LogP contribution >= 0.6 is 0 Å². The second kappa shape index (κ2) is 10.5. The molecule has 1 aliphatic heterocycles. The Morgan fingerprint density at radius 3 is 1.95 bits per heavy atom. The first kappa shape index (κ1) is 25.8. The summed E-state index contributed by atoms with van der Waals surface area (Å²) >= 11 is -4.06. The fourth-order valence-corrected chi connectivity index (χ4v) is 7.14. The van der Waals surface area contributed by atoms with Crippen LogP contribution in [0.3, 0.4) is 0 Å². The van der Waals surface area contributed by atoms with Crippen molar-refractivity contribution in [1.82, 2.24) is 0 Å². The summed E-state index contributed by atoms with van der Waals surface area (Å²) < 4.78 is 17.5. The standard InChI is InChI=1S/2C14H10O5.Sb/c2*15-12(16)6-5-10-9-4-2-1-3-8(9)7-11(13(10)17)14(18)19;/h2*1-7,17H,(H,15,16)(H,18,19);/q;;+3/p-3/b2*6-5+;. The molecule has 0 saturated heterocycles. The van der Waals surface area contributed by atoms with Crippen LogP contribution in [0, 0.1) is 0 Å². The van der Waals surface area contributed by atoms with Gasteiger partial charge in [-0.25, -0.2) is 0 Å². The molecule has 3 N–H and O–H groups in total. The number of carbonyl (C=O) groups is 4. The molecular formula is C28H17O10Sb. The Hall–Kier alpha value is -4.82. The minimum atomic E-state index is -4.06. The third-order valence-corrected chi connectivity index (χ3v) is 8.60. The van der Waals surface area contributed by atoms with Gasteiger partial charge in [-0.1, -0.05) is 0 Å². The topological polar surface area (TPSA) is 157 Å². The Morgan fingerprint density at radius 2 is 1.33 bits per heavy atom. The molecule has 0 aliphatic carbocycles. The van der Waals surface area contributed by atoms with E-state index in [4.69, 9.17) is 9.05 Å². The Morgan fingerprint density at radius 1 is 0.769 bits per heavy atom. The molecule has 39 heavy (non-hydrogen) atoms. The van der Waals surface area contributed by atoms with Gasteiger partial charge in [-0.15, -0.1) is 0 Å². The molecule has 0 aromatic heterocycles. The molecule has 194 valence electrons. The Kier molecular flexibility index (Phi) is 6.95. The summed E-state index contributed by atoms with van der Waals surface area (Å²) in [7, 11) is 0. The number of carbonyl (C=O) groups excluding carboxylic acids is 1. The summed E-state index contributed by atoms with van der Waals surface area (Å²) in [5.41, 5.74) is 0.264. The van der Waals surface area contributed by atoms with Gasteiger partial charge in [-0.3, -0.25) is 0 Å². The zero-order valence-electron chi connectivity index (χ0n) is 19.7. The van der Waals surface area contributed by atoms with Gasteiger partial charge in [0.25, 0.3) is 0 Å². The Balaban J connectivity index is 1.66. The van der Waals surface area contributed by atoms with Gasteiger partial charge in [0.1, 0.15) is 0 Å². The predicted molar refractivity (Wildman–Crippen MR) is 141 cm³/mol. The molecule has 0 bridgehead atoms. The molecule has 0 unspecified atom stereocenters. The van der Waals surface area contributed by atoms with Crippen LogP contribution in [0.1, 0.15) is 31.8 Å². The number of benzene rings is 4. The Bertz CT molecular complexity index is 1750. The van der Waals surface area contributed by atoms with Gasteiger partial charge in [0.15, 0.2) is 0 Å². The van der Waals surface area contributed by atoms with Gasteiger partial charge in [0.05, 0.1) is 0 Å². The number of carboxylic acids is 3. The van der Waals surface area contributed by atoms with Crippen LogP contribution in [0.4, 0.5) is 0 Å². The van der Waals surface area contributed by atoms with Crippen molar-refractivity contribution in [2.75, 3.05) is 0 Å². The van der Waals surface area contributed by atoms with E-state index in [1.807, 2.05) is 0 Å². The molecule has 0 amide bonds. The summed E-state index contributed by atoms with van der Waals surface area (Å²) in [6.07, 6.45) is 4.27. The Labute approximate surface area is 228 Å². The van der Waals surface area contributed by atoms with Crippen molar-refractivity contribution in [3.05, 3.63) is 95.1 Å². The average Bonchev–Trinajstić information content (AvgIpc) is 2.90. The number of hydrogen-bond donors (Lipinski definition) is 3. The van der Waals surface area contributed by atoms with Crippen molar-refractivity contribution in [2.45, 2.75) is 0 Å². The second-order valence-corrected chi connectivity index (χ2v) is 11.0. The molecule has 0 saturated carbocycles. The number of hydrogen-bond acceptors (Lipinski definition) is 7. The van der Waals surface area contributed by atoms with Gasteiger partial charge in [-0.2, -0.15) is 0 Å². The first-order valence-corrected chi connectivity index (χ1v) is 14.4. The molecule has 11 heteroatoms. The van der Waals surface area contributed by atoms with E-state index in [0.717, 1.165) is 12.2 Å². The second-order valence-electron chi connectivity index (χ2n) is 8.21. The third kappa shape index (κ3) is 5.14. The third-order valence-electron chi connectivity index (χ3n) is 5.80. The van der Waals surface area contributed by atoms with Crippen molar-refractivity contribution in [2.24, 2.45) is 0 Å². The zero-order valence-corrected chi connectivity index (χ0v) is 22.3. The molecule has 4 aromatic rings. The minimum absolute atomic E-state index is 0.0609. The van der Waals surface area contributed by atoms with E-state index in [1.54, 1.807) is 54.6 Å². The number of carboxylic acid groups (broad SMARTS) is 3. The normalized spacial score (nSPS) is 13.4. The van der Waals surface area contributed by atoms with Crippen LogP contribution in [0.2, 0.25) is 0 Å². The first-order valence-electron chi connectivity index (χ1n) is 11.3. The van der Waals surface area contributed by atoms with Gasteiger partial charge in [-0.05, 0) is 0 Å². The fourth-order valence-electron chi connectivity index (χ4n) is 4.18. The molecule has 0 spiro atoms. The van der Waals surface area contributed by atoms with E-state index < -0.39 is 45.3 Å². The molecular weight excluding hydrogens is 618 g/mol. The molecule has 1 heterocycles. The number of rotatable bonds is 7. The number of aliphatic carboxylic acids is 2. The summed E-state index contributed by atoms with van der Waals surface area (Å²) in [6, 6.07) is 16.7. The molecule has 4 aromatic carbocycles. The number of aromatic carboxylic acids is 1. The van der Waals surface area contributed by atoms with E-state index in [0.29, 0.717) is 27.1 Å². The van der Waals surface area contributed by atoms with E-state index in [2.05, 4.69) is 0 Å². The zero-order chi connectivity index (χ0) is 27.7. The molecule has 10 nitrogen and oxygen atoms in total. The van der Waals surface area contributed by atoms with Gasteiger partial charge < -0.3 is 0 Å². The summed E-state index contributed by atoms with van der Waals surface area (Å²) in [5.74, 6) is -4.73. The summed E-state index contributed by atoms with van der Waals surface area (Å²) in [4.78, 5) is 47.8. The fraction of sp³-hybridized carbons (Fsp3) is 0. The predicted octanol–water partition coefficient (Wildman–Crippen LogP) is 4.50. The molecule has 1 aliphatic rings. The van der Waals surface area contributed by atoms with Crippen molar-refractivity contribution in [3.63, 3.8) is 0 Å². The van der Waals surface area contributed by atoms with Crippen LogP contribution in [0.15, 0.2) is 72.8 Å². The van der Waals surface area contributed by atoms with E-state index in [9.17, 15) is 34.5 Å². The van der Waals surface area contributed by atoms with Crippen LogP contribution in [-0.4, -0.2) is 60.7 Å². The SMILES string of the molecule is O=C(O)/C=C/c1c([O][Sb]2[O]C(=O)c3cc4ccccc4c(/C=C/C(=O)O)c3[O]2)c(C(=O)O)cc2ccccc12. The molecule has 0 radical (unpaired) electrons. The molecule has 0 atom stereocenters. The van der Waals surface area contributed by atoms with Gasteiger partial charge >= 0.3 is 229 Å². The van der Waals surface area contributed by atoms with Gasteiger partial charge in [0.2, 0.25) is 0 Å². The average molecular weight is 635 g/mol. The van der Waals surface area contributed by atoms with Crippen LogP contribution in [0.25, 0.3) is 33.7 Å². The first-order chi connectivity index (χ1) is 18.7. The number of fused-ring (bicyclic) bond motifs is 3. The summed E-state index contributed by atoms with van der Waals surface area (Å²) in [5, 5.41) is 30.7. The van der Waals surface area contributed by atoms with Crippen molar-refractivity contribution >= 4 is 79.0 Å². The van der Waals surface area contributed by atoms with Crippen molar-refractivity contribution in [3.8, 4) is 11.5 Å². The summed E-state index contributed by atoms with van der Waals surface area (Å²) in [6.45, 7) is 0. The van der Waals surface area contributed by atoms with E-state index in [-0.39, 0.29) is 28.2 Å². The van der Waals surface area contributed by atoms with Crippen molar-refractivity contribution < 1.29 is 43.5 Å². The molecule has 5 rings (SSSR count). The maximum absolute atomic E-state index is 13.1. The van der Waals surface area contributed by atoms with E-state index in [1.165, 1.54) is 18.2 Å². The van der Waals surface area contributed by atoms with E-state index >= 15 is 0 Å².